The highest BCUT2D eigenvalue weighted by Crippen LogP contribution is 2.23. The average Bonchev–Trinajstić information content (AvgIpc) is 2.02. The van der Waals surface area contributed by atoms with E-state index < -0.39 is 0 Å². The third kappa shape index (κ3) is 5.48. The van der Waals surface area contributed by atoms with Gasteiger partial charge in [-0.15, -0.1) is 18.3 Å². The van der Waals surface area contributed by atoms with Crippen LogP contribution in [0, 0.1) is 11.8 Å². The Balaban J connectivity index is 4.18. The van der Waals surface area contributed by atoms with E-state index in [1.165, 1.54) is 0 Å². The predicted molar refractivity (Wildman–Crippen MR) is 65.7 cm³/mol. The maximum absolute atomic E-state index is 11.8. The van der Waals surface area contributed by atoms with Crippen LogP contribution >= 0.6 is 11.8 Å². The van der Waals surface area contributed by atoms with E-state index in [1.807, 2.05) is 6.08 Å². The number of Topliss-reactive ketones (excluding diaryl/α,β-unsaturated/α-hetero) is 1. The van der Waals surface area contributed by atoms with Crippen molar-refractivity contribution in [2.75, 3.05) is 5.75 Å². The fourth-order valence-corrected chi connectivity index (χ4v) is 2.36. The van der Waals surface area contributed by atoms with Crippen molar-refractivity contribution in [3.8, 4) is 0 Å². The molecule has 14 heavy (non-hydrogen) atoms. The topological polar surface area (TPSA) is 17.1 Å². The molecule has 0 aromatic carbocycles. The van der Waals surface area contributed by atoms with Gasteiger partial charge in [-0.25, -0.2) is 0 Å². The van der Waals surface area contributed by atoms with E-state index in [-0.39, 0.29) is 5.25 Å². The Bertz CT molecular complexity index is 185. The Labute approximate surface area is 92.3 Å². The summed E-state index contributed by atoms with van der Waals surface area (Å²) in [5.41, 5.74) is 0. The molecule has 0 aliphatic heterocycles. The summed E-state index contributed by atoms with van der Waals surface area (Å²) < 4.78 is 0. The molecule has 0 heterocycles. The van der Waals surface area contributed by atoms with Crippen LogP contribution in [0.3, 0.4) is 0 Å². The molecule has 0 N–H and O–H groups in total. The van der Waals surface area contributed by atoms with E-state index in [0.29, 0.717) is 24.0 Å². The van der Waals surface area contributed by atoms with Crippen LogP contribution in [0.15, 0.2) is 12.7 Å². The summed E-state index contributed by atoms with van der Waals surface area (Å²) in [7, 11) is 0. The molecule has 2 heteroatoms. The summed E-state index contributed by atoms with van der Waals surface area (Å²) in [4.78, 5) is 11.8. The van der Waals surface area contributed by atoms with Crippen LogP contribution in [-0.2, 0) is 4.79 Å². The summed E-state index contributed by atoms with van der Waals surface area (Å²) in [5.74, 6) is 2.15. The smallest absolute Gasteiger partial charge is 0.146 e. The van der Waals surface area contributed by atoms with Crippen molar-refractivity contribution in [3.63, 3.8) is 0 Å². The van der Waals surface area contributed by atoms with Gasteiger partial charge >= 0.3 is 0 Å². The lowest BCUT2D eigenvalue weighted by molar-refractivity contribution is -0.119. The van der Waals surface area contributed by atoms with Crippen molar-refractivity contribution in [1.29, 1.82) is 0 Å². The van der Waals surface area contributed by atoms with Crippen molar-refractivity contribution in [1.82, 2.24) is 0 Å². The van der Waals surface area contributed by atoms with Crippen molar-refractivity contribution in [2.45, 2.75) is 39.4 Å². The number of hydrogen-bond acceptors (Lipinski definition) is 2. The Morgan fingerprint density at radius 2 is 1.93 bits per heavy atom. The van der Waals surface area contributed by atoms with Crippen LogP contribution in [-0.4, -0.2) is 16.8 Å². The molecule has 0 radical (unpaired) electrons. The van der Waals surface area contributed by atoms with E-state index in [9.17, 15) is 4.79 Å². The largest absolute Gasteiger partial charge is 0.298 e. The number of ketones is 1. The van der Waals surface area contributed by atoms with Gasteiger partial charge in [0.25, 0.3) is 0 Å². The molecule has 0 saturated carbocycles. The van der Waals surface area contributed by atoms with E-state index in [2.05, 4.69) is 34.3 Å². The summed E-state index contributed by atoms with van der Waals surface area (Å²) in [6.45, 7) is 12.1. The van der Waals surface area contributed by atoms with Gasteiger partial charge in [-0.3, -0.25) is 4.79 Å². The monoisotopic (exact) mass is 214 g/mol. The molecule has 1 atom stereocenters. The lowest BCUT2D eigenvalue weighted by Gasteiger charge is -2.19. The highest BCUT2D eigenvalue weighted by molar-refractivity contribution is 8.00. The molecule has 0 aliphatic rings. The zero-order valence-corrected chi connectivity index (χ0v) is 10.6. The van der Waals surface area contributed by atoms with Gasteiger partial charge in [0.2, 0.25) is 0 Å². The van der Waals surface area contributed by atoms with Crippen LogP contribution < -0.4 is 0 Å². The first-order chi connectivity index (χ1) is 6.49. The fourth-order valence-electron chi connectivity index (χ4n) is 1.35. The molecule has 1 nitrogen and oxygen atoms in total. The third-order valence-corrected chi connectivity index (χ3v) is 3.52. The number of carbonyl (C=O) groups excluding carboxylic acids is 1. The fraction of sp³-hybridized carbons (Fsp3) is 0.750. The summed E-state index contributed by atoms with van der Waals surface area (Å²) in [6.07, 6.45) is 2.57. The van der Waals surface area contributed by atoms with E-state index in [1.54, 1.807) is 11.8 Å². The van der Waals surface area contributed by atoms with Crippen LogP contribution in [0.5, 0.6) is 0 Å². The molecule has 0 fully saturated rings. The second-order valence-corrected chi connectivity index (χ2v) is 5.53. The molecule has 0 saturated heterocycles. The quantitative estimate of drug-likeness (QED) is 0.603. The molecule has 0 rings (SSSR count). The molecule has 1 unspecified atom stereocenters. The summed E-state index contributed by atoms with van der Waals surface area (Å²) in [5, 5.41) is 0.149. The first kappa shape index (κ1) is 13.8. The molecule has 0 aliphatic carbocycles. The number of carbonyl (C=O) groups is 1. The minimum Gasteiger partial charge on any atom is -0.298 e. The zero-order chi connectivity index (χ0) is 11.1. The van der Waals surface area contributed by atoms with Crippen molar-refractivity contribution in [2.24, 2.45) is 11.8 Å². The zero-order valence-electron chi connectivity index (χ0n) is 9.75. The van der Waals surface area contributed by atoms with Crippen LogP contribution in [0.2, 0.25) is 0 Å². The Hall–Kier alpha value is -0.240. The summed E-state index contributed by atoms with van der Waals surface area (Å²) >= 11 is 1.71. The molecule has 0 spiro atoms. The van der Waals surface area contributed by atoms with E-state index >= 15 is 0 Å². The molecule has 82 valence electrons. The first-order valence-electron chi connectivity index (χ1n) is 5.24. The molecular formula is C12H22OS. The van der Waals surface area contributed by atoms with Gasteiger partial charge in [-0.2, -0.15) is 0 Å². The second kappa shape index (κ2) is 7.10. The van der Waals surface area contributed by atoms with E-state index in [4.69, 9.17) is 0 Å². The maximum Gasteiger partial charge on any atom is 0.146 e. The molecule has 0 aromatic rings. The molecular weight excluding hydrogens is 192 g/mol. The highest BCUT2D eigenvalue weighted by Gasteiger charge is 2.22. The lowest BCUT2D eigenvalue weighted by Crippen LogP contribution is -2.24. The molecule has 0 amide bonds. The average molecular weight is 214 g/mol. The van der Waals surface area contributed by atoms with Crippen LogP contribution in [0.4, 0.5) is 0 Å². The standard InChI is InChI=1S/C12H22OS/c1-6-7-14-12(10(4)5)11(13)8-9(2)3/h6,9-10,12H,1,7-8H2,2-5H3. The maximum atomic E-state index is 11.8. The normalized spacial score (nSPS) is 13.3. The SMILES string of the molecule is C=CCSC(C(=O)CC(C)C)C(C)C. The van der Waals surface area contributed by atoms with Gasteiger partial charge in [0.1, 0.15) is 5.78 Å². The number of hydrogen-bond donors (Lipinski definition) is 0. The van der Waals surface area contributed by atoms with Crippen molar-refractivity contribution in [3.05, 3.63) is 12.7 Å². The minimum absolute atomic E-state index is 0.149. The molecule has 0 bridgehead atoms. The van der Waals surface area contributed by atoms with Gasteiger partial charge in [0.05, 0.1) is 5.25 Å². The van der Waals surface area contributed by atoms with Gasteiger partial charge in [-0.05, 0) is 11.8 Å². The minimum atomic E-state index is 0.149. The van der Waals surface area contributed by atoms with Gasteiger partial charge in [0, 0.05) is 12.2 Å². The van der Waals surface area contributed by atoms with Gasteiger partial charge in [-0.1, -0.05) is 33.8 Å². The molecule has 0 aromatic heterocycles. The Morgan fingerprint density at radius 3 is 2.29 bits per heavy atom. The highest BCUT2D eigenvalue weighted by atomic mass is 32.2. The van der Waals surface area contributed by atoms with Gasteiger partial charge < -0.3 is 0 Å². The van der Waals surface area contributed by atoms with Crippen LogP contribution in [0.1, 0.15) is 34.1 Å². The number of thioether (sulfide) groups is 1. The van der Waals surface area contributed by atoms with Gasteiger partial charge in [0.15, 0.2) is 0 Å². The predicted octanol–water partition coefficient (Wildman–Crippen LogP) is 3.55. The van der Waals surface area contributed by atoms with E-state index in [0.717, 1.165) is 5.75 Å². The lowest BCUT2D eigenvalue weighted by atomic mass is 9.99. The van der Waals surface area contributed by atoms with Crippen LogP contribution in [0.25, 0.3) is 0 Å². The Kier molecular flexibility index (Phi) is 6.98. The first-order valence-corrected chi connectivity index (χ1v) is 6.29. The summed E-state index contributed by atoms with van der Waals surface area (Å²) in [6, 6.07) is 0. The number of rotatable bonds is 7. The van der Waals surface area contributed by atoms with Crippen molar-refractivity contribution < 1.29 is 4.79 Å². The van der Waals surface area contributed by atoms with Crippen molar-refractivity contribution >= 4 is 17.5 Å². The Morgan fingerprint density at radius 1 is 1.36 bits per heavy atom. The second-order valence-electron chi connectivity index (χ2n) is 4.35. The third-order valence-electron chi connectivity index (χ3n) is 1.93.